The molecule has 0 radical (unpaired) electrons. The van der Waals surface area contributed by atoms with Gasteiger partial charge in [-0.2, -0.15) is 0 Å². The number of carbonyl (C=O) groups excluding carboxylic acids is 1. The van der Waals surface area contributed by atoms with Crippen LogP contribution in [0.2, 0.25) is 5.02 Å². The van der Waals surface area contributed by atoms with Crippen LogP contribution in [0.3, 0.4) is 0 Å². The molecule has 82 valence electrons. The number of amides is 1. The minimum atomic E-state index is -0.195. The van der Waals surface area contributed by atoms with Crippen molar-refractivity contribution in [1.29, 1.82) is 0 Å². The summed E-state index contributed by atoms with van der Waals surface area (Å²) < 4.78 is 0. The first-order chi connectivity index (χ1) is 7.06. The van der Waals surface area contributed by atoms with Crippen molar-refractivity contribution in [1.82, 2.24) is 9.88 Å². The molecule has 0 aliphatic rings. The highest BCUT2D eigenvalue weighted by Gasteiger charge is 2.14. The lowest BCUT2D eigenvalue weighted by atomic mass is 10.3. The van der Waals surface area contributed by atoms with Crippen LogP contribution in [0.1, 0.15) is 17.4 Å². The summed E-state index contributed by atoms with van der Waals surface area (Å²) in [4.78, 5) is 17.3. The molecule has 0 bridgehead atoms. The van der Waals surface area contributed by atoms with Crippen LogP contribution in [-0.2, 0) is 0 Å². The predicted molar refractivity (Wildman–Crippen MR) is 61.4 cm³/mol. The largest absolute Gasteiger partial charge is 0.370 e. The van der Waals surface area contributed by atoms with E-state index in [4.69, 9.17) is 11.6 Å². The molecule has 0 spiro atoms. The zero-order valence-electron chi connectivity index (χ0n) is 9.04. The van der Waals surface area contributed by atoms with Gasteiger partial charge in [0.15, 0.2) is 0 Å². The number of rotatable bonds is 3. The predicted octanol–water partition coefficient (Wildman–Crippen LogP) is 1.87. The molecule has 1 heterocycles. The first kappa shape index (κ1) is 11.8. The normalized spacial score (nSPS) is 9.87. The van der Waals surface area contributed by atoms with Crippen molar-refractivity contribution in [2.75, 3.05) is 26.0 Å². The van der Waals surface area contributed by atoms with Gasteiger partial charge in [-0.05, 0) is 19.1 Å². The van der Waals surface area contributed by atoms with Gasteiger partial charge in [-0.25, -0.2) is 4.98 Å². The number of carbonyl (C=O) groups is 1. The highest BCUT2D eigenvalue weighted by atomic mass is 35.5. The molecule has 1 rings (SSSR count). The Balaban J connectivity index is 3.05. The van der Waals surface area contributed by atoms with E-state index in [9.17, 15) is 4.79 Å². The number of hydrogen-bond acceptors (Lipinski definition) is 3. The van der Waals surface area contributed by atoms with E-state index in [1.807, 2.05) is 6.92 Å². The summed E-state index contributed by atoms with van der Waals surface area (Å²) in [7, 11) is 3.33. The van der Waals surface area contributed by atoms with Gasteiger partial charge >= 0.3 is 0 Å². The van der Waals surface area contributed by atoms with E-state index in [0.29, 0.717) is 10.8 Å². The molecule has 0 saturated carbocycles. The summed E-state index contributed by atoms with van der Waals surface area (Å²) in [5.41, 5.74) is 0.278. The summed E-state index contributed by atoms with van der Waals surface area (Å²) in [5, 5.41) is 3.40. The van der Waals surface area contributed by atoms with Crippen LogP contribution in [-0.4, -0.2) is 36.4 Å². The second-order valence-electron chi connectivity index (χ2n) is 3.26. The number of nitrogens with one attached hydrogen (secondary N) is 1. The molecule has 0 atom stereocenters. The molecule has 1 amide bonds. The van der Waals surface area contributed by atoms with Gasteiger partial charge in [0, 0.05) is 20.6 Å². The summed E-state index contributed by atoms with van der Waals surface area (Å²) >= 11 is 5.90. The Morgan fingerprint density at radius 2 is 2.20 bits per heavy atom. The maximum absolute atomic E-state index is 11.7. The first-order valence-electron chi connectivity index (χ1n) is 4.68. The Labute approximate surface area is 94.3 Å². The average molecular weight is 228 g/mol. The van der Waals surface area contributed by atoms with Gasteiger partial charge in [-0.15, -0.1) is 0 Å². The molecule has 15 heavy (non-hydrogen) atoms. The second kappa shape index (κ2) is 4.98. The molecule has 0 aromatic carbocycles. The van der Waals surface area contributed by atoms with Crippen molar-refractivity contribution in [2.24, 2.45) is 0 Å². The molecular weight excluding hydrogens is 214 g/mol. The van der Waals surface area contributed by atoms with Gasteiger partial charge in [0.2, 0.25) is 0 Å². The van der Waals surface area contributed by atoms with Crippen LogP contribution in [0.15, 0.2) is 12.1 Å². The van der Waals surface area contributed by atoms with Crippen LogP contribution in [0, 0.1) is 0 Å². The quantitative estimate of drug-likeness (QED) is 0.858. The lowest BCUT2D eigenvalue weighted by molar-refractivity contribution is 0.0822. The Morgan fingerprint density at radius 1 is 1.53 bits per heavy atom. The third-order valence-corrected chi connectivity index (χ3v) is 2.12. The molecule has 0 aliphatic carbocycles. The Kier molecular flexibility index (Phi) is 3.91. The lowest BCUT2D eigenvalue weighted by Crippen LogP contribution is -2.23. The van der Waals surface area contributed by atoms with Crippen molar-refractivity contribution >= 4 is 23.3 Å². The molecule has 1 N–H and O–H groups in total. The van der Waals surface area contributed by atoms with Crippen molar-refractivity contribution in [3.8, 4) is 0 Å². The number of anilines is 1. The standard InChI is InChI=1S/C10H14ClN3O/c1-4-12-8-6-5-7(11)9(13-8)10(15)14(2)3/h5-6H,4H2,1-3H3,(H,12,13). The Morgan fingerprint density at radius 3 is 2.73 bits per heavy atom. The molecule has 0 fully saturated rings. The summed E-state index contributed by atoms with van der Waals surface area (Å²) in [6.07, 6.45) is 0. The van der Waals surface area contributed by atoms with E-state index in [2.05, 4.69) is 10.3 Å². The van der Waals surface area contributed by atoms with Crippen LogP contribution >= 0.6 is 11.6 Å². The zero-order chi connectivity index (χ0) is 11.4. The van der Waals surface area contributed by atoms with E-state index >= 15 is 0 Å². The fraction of sp³-hybridized carbons (Fsp3) is 0.400. The molecule has 5 heteroatoms. The van der Waals surface area contributed by atoms with Gasteiger partial charge in [-0.1, -0.05) is 11.6 Å². The average Bonchev–Trinajstić information content (AvgIpc) is 2.20. The van der Waals surface area contributed by atoms with Crippen LogP contribution < -0.4 is 5.32 Å². The zero-order valence-corrected chi connectivity index (χ0v) is 9.80. The summed E-state index contributed by atoms with van der Waals surface area (Å²) in [6.45, 7) is 2.72. The number of pyridine rings is 1. The Bertz CT molecular complexity index is 366. The smallest absolute Gasteiger partial charge is 0.273 e. The van der Waals surface area contributed by atoms with E-state index < -0.39 is 0 Å². The fourth-order valence-electron chi connectivity index (χ4n) is 1.08. The summed E-state index contributed by atoms with van der Waals surface area (Å²) in [5.74, 6) is 0.465. The first-order valence-corrected chi connectivity index (χ1v) is 5.06. The van der Waals surface area contributed by atoms with E-state index in [-0.39, 0.29) is 11.6 Å². The van der Waals surface area contributed by atoms with Gasteiger partial charge in [0.1, 0.15) is 11.5 Å². The molecule has 0 aliphatic heterocycles. The van der Waals surface area contributed by atoms with Crippen LogP contribution in [0.4, 0.5) is 5.82 Å². The van der Waals surface area contributed by atoms with Gasteiger partial charge in [0.05, 0.1) is 5.02 Å². The minimum Gasteiger partial charge on any atom is -0.370 e. The van der Waals surface area contributed by atoms with Crippen molar-refractivity contribution in [2.45, 2.75) is 6.92 Å². The fourth-order valence-corrected chi connectivity index (χ4v) is 1.27. The van der Waals surface area contributed by atoms with E-state index in [1.54, 1.807) is 26.2 Å². The maximum Gasteiger partial charge on any atom is 0.273 e. The van der Waals surface area contributed by atoms with Crippen molar-refractivity contribution < 1.29 is 4.79 Å². The van der Waals surface area contributed by atoms with Crippen molar-refractivity contribution in [3.05, 3.63) is 22.8 Å². The van der Waals surface area contributed by atoms with Crippen LogP contribution in [0.25, 0.3) is 0 Å². The SMILES string of the molecule is CCNc1ccc(Cl)c(C(=O)N(C)C)n1. The third-order valence-electron chi connectivity index (χ3n) is 1.81. The molecule has 1 aromatic rings. The number of hydrogen-bond donors (Lipinski definition) is 1. The molecule has 1 aromatic heterocycles. The number of nitrogens with zero attached hydrogens (tertiary/aromatic N) is 2. The molecule has 4 nitrogen and oxygen atoms in total. The topological polar surface area (TPSA) is 45.2 Å². The van der Waals surface area contributed by atoms with Gasteiger partial charge < -0.3 is 10.2 Å². The Hall–Kier alpha value is -1.29. The maximum atomic E-state index is 11.7. The van der Waals surface area contributed by atoms with Gasteiger partial charge in [0.25, 0.3) is 5.91 Å². The number of aromatic nitrogens is 1. The molecule has 0 unspecified atom stereocenters. The monoisotopic (exact) mass is 227 g/mol. The summed E-state index contributed by atoms with van der Waals surface area (Å²) in [6, 6.07) is 3.42. The van der Waals surface area contributed by atoms with Crippen molar-refractivity contribution in [3.63, 3.8) is 0 Å². The second-order valence-corrected chi connectivity index (χ2v) is 3.66. The van der Waals surface area contributed by atoms with E-state index in [0.717, 1.165) is 6.54 Å². The third kappa shape index (κ3) is 2.83. The minimum absolute atomic E-state index is 0.195. The molecule has 0 saturated heterocycles. The van der Waals surface area contributed by atoms with E-state index in [1.165, 1.54) is 4.90 Å². The lowest BCUT2D eigenvalue weighted by Gasteiger charge is -2.12. The van der Waals surface area contributed by atoms with Crippen LogP contribution in [0.5, 0.6) is 0 Å². The highest BCUT2D eigenvalue weighted by Crippen LogP contribution is 2.17. The molecular formula is C10H14ClN3O. The highest BCUT2D eigenvalue weighted by molar-refractivity contribution is 6.33. The number of halogens is 1. The van der Waals surface area contributed by atoms with Gasteiger partial charge in [-0.3, -0.25) is 4.79 Å².